The number of carbonyl (C=O) groups excluding carboxylic acids is 1. The Morgan fingerprint density at radius 3 is 3.00 bits per heavy atom. The van der Waals surface area contributed by atoms with Gasteiger partial charge in [0.05, 0.1) is 11.8 Å². The van der Waals surface area contributed by atoms with Crippen LogP contribution in [0, 0.1) is 0 Å². The molecule has 0 unspecified atom stereocenters. The molecular weight excluding hydrogens is 196 g/mol. The van der Waals surface area contributed by atoms with Crippen LogP contribution in [0.3, 0.4) is 0 Å². The fraction of sp³-hybridized carbons (Fsp3) is 0.600. The van der Waals surface area contributed by atoms with Gasteiger partial charge in [0.15, 0.2) is 5.78 Å². The van der Waals surface area contributed by atoms with Crippen LogP contribution in [-0.2, 0) is 6.54 Å². The Kier molecular flexibility index (Phi) is 4.73. The minimum atomic E-state index is 0.0826. The van der Waals surface area contributed by atoms with E-state index < -0.39 is 0 Å². The summed E-state index contributed by atoms with van der Waals surface area (Å²) >= 11 is 1.93. The molecule has 1 aromatic heterocycles. The minimum Gasteiger partial charge on any atom is -0.294 e. The first kappa shape index (κ1) is 11.3. The molecule has 1 aromatic rings. The van der Waals surface area contributed by atoms with Crippen LogP contribution in [0.5, 0.6) is 0 Å². The number of nitrogens with zero attached hydrogens (tertiary/aromatic N) is 2. The Morgan fingerprint density at radius 2 is 2.43 bits per heavy atom. The Balaban J connectivity index is 2.33. The third-order valence-corrected chi connectivity index (χ3v) is 2.91. The molecule has 0 atom stereocenters. The van der Waals surface area contributed by atoms with E-state index in [1.54, 1.807) is 13.1 Å². The van der Waals surface area contributed by atoms with Crippen molar-refractivity contribution in [1.29, 1.82) is 0 Å². The highest BCUT2D eigenvalue weighted by atomic mass is 32.2. The van der Waals surface area contributed by atoms with E-state index in [2.05, 4.69) is 12.0 Å². The first-order chi connectivity index (χ1) is 6.74. The molecule has 3 nitrogen and oxygen atoms in total. The van der Waals surface area contributed by atoms with Gasteiger partial charge in [0, 0.05) is 12.7 Å². The van der Waals surface area contributed by atoms with Crippen molar-refractivity contribution >= 4 is 17.5 Å². The van der Waals surface area contributed by atoms with Crippen LogP contribution in [0.15, 0.2) is 12.4 Å². The number of Topliss-reactive ketones (excluding diaryl/α,β-unsaturated/α-hetero) is 1. The standard InChI is InChI=1S/C10H16N2OS/c1-3-14-6-4-5-12-8-10(7-11-12)9(2)13/h7-8H,3-6H2,1-2H3. The van der Waals surface area contributed by atoms with Gasteiger partial charge in [0.2, 0.25) is 0 Å². The summed E-state index contributed by atoms with van der Waals surface area (Å²) in [6.45, 7) is 4.63. The van der Waals surface area contributed by atoms with Gasteiger partial charge in [-0.05, 0) is 24.9 Å². The van der Waals surface area contributed by atoms with Gasteiger partial charge in [0.25, 0.3) is 0 Å². The summed E-state index contributed by atoms with van der Waals surface area (Å²) in [5.74, 6) is 2.41. The molecule has 0 saturated carbocycles. The highest BCUT2D eigenvalue weighted by Gasteiger charge is 2.02. The highest BCUT2D eigenvalue weighted by molar-refractivity contribution is 7.99. The Morgan fingerprint density at radius 1 is 1.64 bits per heavy atom. The molecule has 1 rings (SSSR count). The molecule has 0 bridgehead atoms. The van der Waals surface area contributed by atoms with Crippen LogP contribution in [0.1, 0.15) is 30.6 Å². The molecule has 0 spiro atoms. The Bertz CT molecular complexity index is 296. The molecule has 0 radical (unpaired) electrons. The molecule has 4 heteroatoms. The lowest BCUT2D eigenvalue weighted by Gasteiger charge is -1.99. The molecule has 0 aliphatic rings. The predicted molar refractivity (Wildman–Crippen MR) is 59.8 cm³/mol. The van der Waals surface area contributed by atoms with Crippen LogP contribution in [0.2, 0.25) is 0 Å². The Labute approximate surface area is 88.9 Å². The summed E-state index contributed by atoms with van der Waals surface area (Å²) in [6.07, 6.45) is 4.56. The van der Waals surface area contributed by atoms with Crippen molar-refractivity contribution in [3.63, 3.8) is 0 Å². The van der Waals surface area contributed by atoms with Crippen LogP contribution in [0.25, 0.3) is 0 Å². The number of hydrogen-bond acceptors (Lipinski definition) is 3. The monoisotopic (exact) mass is 212 g/mol. The van der Waals surface area contributed by atoms with E-state index in [0.29, 0.717) is 5.56 Å². The van der Waals surface area contributed by atoms with Crippen LogP contribution >= 0.6 is 11.8 Å². The molecule has 1 heterocycles. The maximum absolute atomic E-state index is 11.0. The number of carbonyl (C=O) groups is 1. The topological polar surface area (TPSA) is 34.9 Å². The maximum Gasteiger partial charge on any atom is 0.162 e. The van der Waals surface area contributed by atoms with Gasteiger partial charge >= 0.3 is 0 Å². The SMILES string of the molecule is CCSCCCn1cc(C(C)=O)cn1. The number of thioether (sulfide) groups is 1. The second-order valence-corrected chi connectivity index (χ2v) is 4.49. The summed E-state index contributed by atoms with van der Waals surface area (Å²) in [5, 5.41) is 4.12. The quantitative estimate of drug-likeness (QED) is 0.536. The normalized spacial score (nSPS) is 10.4. The minimum absolute atomic E-state index is 0.0826. The largest absolute Gasteiger partial charge is 0.294 e. The smallest absolute Gasteiger partial charge is 0.162 e. The number of hydrogen-bond donors (Lipinski definition) is 0. The van der Waals surface area contributed by atoms with Gasteiger partial charge < -0.3 is 0 Å². The third kappa shape index (κ3) is 3.54. The summed E-state index contributed by atoms with van der Waals surface area (Å²) in [4.78, 5) is 11.0. The summed E-state index contributed by atoms with van der Waals surface area (Å²) < 4.78 is 1.84. The number of rotatable bonds is 6. The van der Waals surface area contributed by atoms with E-state index in [0.717, 1.165) is 24.5 Å². The average molecular weight is 212 g/mol. The van der Waals surface area contributed by atoms with Crippen molar-refractivity contribution in [3.05, 3.63) is 18.0 Å². The number of aromatic nitrogens is 2. The highest BCUT2D eigenvalue weighted by Crippen LogP contribution is 2.04. The molecule has 0 aromatic carbocycles. The summed E-state index contributed by atoms with van der Waals surface area (Å²) in [6, 6.07) is 0. The number of aryl methyl sites for hydroxylation is 1. The van der Waals surface area contributed by atoms with E-state index in [-0.39, 0.29) is 5.78 Å². The van der Waals surface area contributed by atoms with Gasteiger partial charge in [-0.15, -0.1) is 0 Å². The zero-order valence-electron chi connectivity index (χ0n) is 8.69. The van der Waals surface area contributed by atoms with E-state index in [1.807, 2.05) is 22.6 Å². The fourth-order valence-electron chi connectivity index (χ4n) is 1.14. The molecule has 0 aliphatic heterocycles. The first-order valence-corrected chi connectivity index (χ1v) is 6.00. The average Bonchev–Trinajstić information content (AvgIpc) is 2.61. The lowest BCUT2D eigenvalue weighted by Crippen LogP contribution is -1.99. The molecular formula is C10H16N2OS. The van der Waals surface area contributed by atoms with E-state index in [1.165, 1.54) is 0 Å². The summed E-state index contributed by atoms with van der Waals surface area (Å²) in [7, 11) is 0. The van der Waals surface area contributed by atoms with E-state index in [9.17, 15) is 4.79 Å². The van der Waals surface area contributed by atoms with Crippen molar-refractivity contribution in [1.82, 2.24) is 9.78 Å². The predicted octanol–water partition coefficient (Wildman–Crippen LogP) is 2.23. The lowest BCUT2D eigenvalue weighted by atomic mass is 10.3. The third-order valence-electron chi connectivity index (χ3n) is 1.92. The zero-order valence-corrected chi connectivity index (χ0v) is 9.51. The van der Waals surface area contributed by atoms with E-state index in [4.69, 9.17) is 0 Å². The number of ketones is 1. The zero-order chi connectivity index (χ0) is 10.4. The Hall–Kier alpha value is -0.770. The second-order valence-electron chi connectivity index (χ2n) is 3.10. The first-order valence-electron chi connectivity index (χ1n) is 4.85. The van der Waals surface area contributed by atoms with Gasteiger partial charge in [-0.3, -0.25) is 9.48 Å². The van der Waals surface area contributed by atoms with Crippen molar-refractivity contribution in [2.45, 2.75) is 26.8 Å². The van der Waals surface area contributed by atoms with Gasteiger partial charge in [-0.1, -0.05) is 6.92 Å². The fourth-order valence-corrected chi connectivity index (χ4v) is 1.76. The van der Waals surface area contributed by atoms with Crippen molar-refractivity contribution in [2.75, 3.05) is 11.5 Å². The molecule has 0 fully saturated rings. The van der Waals surface area contributed by atoms with Gasteiger partial charge in [-0.25, -0.2) is 0 Å². The van der Waals surface area contributed by atoms with Crippen molar-refractivity contribution < 1.29 is 4.79 Å². The lowest BCUT2D eigenvalue weighted by molar-refractivity contribution is 0.101. The molecule has 78 valence electrons. The molecule has 0 N–H and O–H groups in total. The second kappa shape index (κ2) is 5.86. The van der Waals surface area contributed by atoms with E-state index >= 15 is 0 Å². The summed E-state index contributed by atoms with van der Waals surface area (Å²) in [5.41, 5.74) is 0.702. The van der Waals surface area contributed by atoms with Crippen LogP contribution < -0.4 is 0 Å². The van der Waals surface area contributed by atoms with Crippen molar-refractivity contribution in [3.8, 4) is 0 Å². The maximum atomic E-state index is 11.0. The molecule has 14 heavy (non-hydrogen) atoms. The van der Waals surface area contributed by atoms with Crippen molar-refractivity contribution in [2.24, 2.45) is 0 Å². The molecule has 0 amide bonds. The van der Waals surface area contributed by atoms with Crippen LogP contribution in [-0.4, -0.2) is 27.1 Å². The molecule has 0 saturated heterocycles. The van der Waals surface area contributed by atoms with Gasteiger partial charge in [0.1, 0.15) is 0 Å². The molecule has 0 aliphatic carbocycles. The van der Waals surface area contributed by atoms with Crippen LogP contribution in [0.4, 0.5) is 0 Å². The van der Waals surface area contributed by atoms with Gasteiger partial charge in [-0.2, -0.15) is 16.9 Å².